The molecular weight excluding hydrogens is 238 g/mol. The van der Waals surface area contributed by atoms with Crippen LogP contribution in [0.4, 0.5) is 5.69 Å². The number of nitrogens with zero attached hydrogens (tertiary/aromatic N) is 2. The number of anilines is 1. The molecule has 0 aliphatic heterocycles. The number of nitrogens with one attached hydrogen (secondary N) is 1. The highest BCUT2D eigenvalue weighted by Crippen LogP contribution is 2.38. The standard InChI is InChI=1S/C12H18ClN3O/c1-12(2)5-4-8(6-12)15-9-7-14-16(3)11(17)10(9)13/h7-8,15H,4-6H2,1-3H3. The van der Waals surface area contributed by atoms with Crippen LogP contribution in [0.1, 0.15) is 33.1 Å². The van der Waals surface area contributed by atoms with Gasteiger partial charge in [0, 0.05) is 13.1 Å². The van der Waals surface area contributed by atoms with Crippen molar-refractivity contribution in [3.8, 4) is 0 Å². The van der Waals surface area contributed by atoms with Crippen LogP contribution in [-0.2, 0) is 7.05 Å². The van der Waals surface area contributed by atoms with Crippen molar-refractivity contribution < 1.29 is 0 Å². The highest BCUT2D eigenvalue weighted by atomic mass is 35.5. The van der Waals surface area contributed by atoms with Gasteiger partial charge in [0.25, 0.3) is 5.56 Å². The summed E-state index contributed by atoms with van der Waals surface area (Å²) in [6.07, 6.45) is 5.02. The first-order chi connectivity index (χ1) is 7.89. The summed E-state index contributed by atoms with van der Waals surface area (Å²) in [6.45, 7) is 4.52. The van der Waals surface area contributed by atoms with E-state index in [1.807, 2.05) is 0 Å². The van der Waals surface area contributed by atoms with E-state index >= 15 is 0 Å². The lowest BCUT2D eigenvalue weighted by Crippen LogP contribution is -2.24. The molecule has 1 aromatic rings. The van der Waals surface area contributed by atoms with E-state index < -0.39 is 0 Å². The lowest BCUT2D eigenvalue weighted by Gasteiger charge is -2.18. The van der Waals surface area contributed by atoms with Crippen molar-refractivity contribution in [1.29, 1.82) is 0 Å². The Labute approximate surface area is 106 Å². The molecule has 1 unspecified atom stereocenters. The quantitative estimate of drug-likeness (QED) is 0.883. The van der Waals surface area contributed by atoms with E-state index in [2.05, 4.69) is 24.3 Å². The van der Waals surface area contributed by atoms with Crippen LogP contribution in [0.5, 0.6) is 0 Å². The van der Waals surface area contributed by atoms with Crippen LogP contribution < -0.4 is 10.9 Å². The second-order valence-electron chi connectivity index (χ2n) is 5.55. The maximum absolute atomic E-state index is 11.6. The van der Waals surface area contributed by atoms with Crippen LogP contribution >= 0.6 is 11.6 Å². The van der Waals surface area contributed by atoms with Crippen LogP contribution in [0.15, 0.2) is 11.0 Å². The Kier molecular flexibility index (Phi) is 3.17. The van der Waals surface area contributed by atoms with Crippen molar-refractivity contribution in [2.75, 3.05) is 5.32 Å². The Hall–Kier alpha value is -1.03. The molecule has 0 bridgehead atoms. The zero-order valence-corrected chi connectivity index (χ0v) is 11.2. The summed E-state index contributed by atoms with van der Waals surface area (Å²) in [5, 5.41) is 7.53. The normalized spacial score (nSPS) is 22.7. The van der Waals surface area contributed by atoms with Gasteiger partial charge < -0.3 is 5.32 Å². The third-order valence-corrected chi connectivity index (χ3v) is 3.77. The second kappa shape index (κ2) is 4.33. The number of aryl methyl sites for hydroxylation is 1. The molecule has 0 saturated heterocycles. The van der Waals surface area contributed by atoms with Crippen molar-refractivity contribution in [3.05, 3.63) is 21.6 Å². The average Bonchev–Trinajstić information content (AvgIpc) is 2.59. The largest absolute Gasteiger partial charge is 0.380 e. The van der Waals surface area contributed by atoms with E-state index in [9.17, 15) is 4.79 Å². The smallest absolute Gasteiger partial charge is 0.287 e. The van der Waals surface area contributed by atoms with E-state index in [-0.39, 0.29) is 10.6 Å². The molecule has 1 atom stereocenters. The summed E-state index contributed by atoms with van der Waals surface area (Å²) in [7, 11) is 1.59. The summed E-state index contributed by atoms with van der Waals surface area (Å²) < 4.78 is 1.24. The van der Waals surface area contributed by atoms with Crippen LogP contribution in [0, 0.1) is 5.41 Å². The van der Waals surface area contributed by atoms with Gasteiger partial charge in [0.2, 0.25) is 0 Å². The minimum absolute atomic E-state index is 0.229. The van der Waals surface area contributed by atoms with Gasteiger partial charge in [0.05, 0.1) is 11.9 Å². The van der Waals surface area contributed by atoms with Gasteiger partial charge in [-0.1, -0.05) is 25.4 Å². The van der Waals surface area contributed by atoms with E-state index in [4.69, 9.17) is 11.6 Å². The van der Waals surface area contributed by atoms with Gasteiger partial charge in [0.1, 0.15) is 5.02 Å². The maximum atomic E-state index is 11.6. The minimum Gasteiger partial charge on any atom is -0.380 e. The van der Waals surface area contributed by atoms with Crippen molar-refractivity contribution >= 4 is 17.3 Å². The van der Waals surface area contributed by atoms with E-state index in [1.54, 1.807) is 13.2 Å². The predicted octanol–water partition coefficient (Wildman–Crippen LogP) is 2.42. The number of rotatable bonds is 2. The van der Waals surface area contributed by atoms with Gasteiger partial charge in [0.15, 0.2) is 0 Å². The Morgan fingerprint density at radius 3 is 2.88 bits per heavy atom. The summed E-state index contributed by atoms with van der Waals surface area (Å²) in [4.78, 5) is 11.6. The lowest BCUT2D eigenvalue weighted by atomic mass is 9.92. The van der Waals surface area contributed by atoms with Gasteiger partial charge in [-0.05, 0) is 24.7 Å². The fourth-order valence-corrected chi connectivity index (χ4v) is 2.62. The molecule has 1 aromatic heterocycles. The number of halogens is 1. The zero-order chi connectivity index (χ0) is 12.6. The van der Waals surface area contributed by atoms with Crippen molar-refractivity contribution in [2.45, 2.75) is 39.2 Å². The molecule has 2 rings (SSSR count). The van der Waals surface area contributed by atoms with Crippen LogP contribution in [0.25, 0.3) is 0 Å². The average molecular weight is 256 g/mol. The third kappa shape index (κ3) is 2.63. The van der Waals surface area contributed by atoms with Crippen LogP contribution in [-0.4, -0.2) is 15.8 Å². The zero-order valence-electron chi connectivity index (χ0n) is 10.5. The van der Waals surface area contributed by atoms with Gasteiger partial charge in [-0.15, -0.1) is 0 Å². The van der Waals surface area contributed by atoms with Crippen molar-refractivity contribution in [3.63, 3.8) is 0 Å². The molecule has 5 heteroatoms. The highest BCUT2D eigenvalue weighted by molar-refractivity contribution is 6.32. The second-order valence-corrected chi connectivity index (χ2v) is 5.93. The summed E-state index contributed by atoms with van der Waals surface area (Å²) in [5.41, 5.74) is 0.767. The van der Waals surface area contributed by atoms with Crippen LogP contribution in [0.2, 0.25) is 5.02 Å². The van der Waals surface area contributed by atoms with Gasteiger partial charge in [-0.3, -0.25) is 4.79 Å². The van der Waals surface area contributed by atoms with E-state index in [1.165, 1.54) is 11.1 Å². The minimum atomic E-state index is -0.256. The molecule has 94 valence electrons. The van der Waals surface area contributed by atoms with E-state index in [0.717, 1.165) is 12.8 Å². The first kappa shape index (κ1) is 12.4. The molecule has 1 N–H and O–H groups in total. The fraction of sp³-hybridized carbons (Fsp3) is 0.667. The molecule has 17 heavy (non-hydrogen) atoms. The molecule has 0 aromatic carbocycles. The Bertz CT molecular complexity index is 481. The molecule has 1 fully saturated rings. The number of hydrogen-bond acceptors (Lipinski definition) is 3. The fourth-order valence-electron chi connectivity index (χ4n) is 2.39. The number of hydrogen-bond donors (Lipinski definition) is 1. The lowest BCUT2D eigenvalue weighted by molar-refractivity contribution is 0.378. The predicted molar refractivity (Wildman–Crippen MR) is 69.5 cm³/mol. The number of aromatic nitrogens is 2. The van der Waals surface area contributed by atoms with Crippen molar-refractivity contribution in [2.24, 2.45) is 12.5 Å². The monoisotopic (exact) mass is 255 g/mol. The molecule has 0 radical (unpaired) electrons. The molecule has 1 saturated carbocycles. The molecule has 4 nitrogen and oxygen atoms in total. The summed E-state index contributed by atoms with van der Waals surface area (Å²) >= 11 is 6.01. The summed E-state index contributed by atoms with van der Waals surface area (Å²) in [6, 6.07) is 0.386. The Morgan fingerprint density at radius 2 is 2.29 bits per heavy atom. The molecule has 0 amide bonds. The SMILES string of the molecule is Cn1ncc(NC2CCC(C)(C)C2)c(Cl)c1=O. The van der Waals surface area contributed by atoms with Gasteiger partial charge in [-0.25, -0.2) is 4.68 Å². The molecule has 1 heterocycles. The third-order valence-electron chi connectivity index (χ3n) is 3.41. The van der Waals surface area contributed by atoms with Crippen LogP contribution in [0.3, 0.4) is 0 Å². The first-order valence-corrected chi connectivity index (χ1v) is 6.25. The van der Waals surface area contributed by atoms with Gasteiger partial charge >= 0.3 is 0 Å². The summed E-state index contributed by atoms with van der Waals surface area (Å²) in [5.74, 6) is 0. The topological polar surface area (TPSA) is 46.9 Å². The molecular formula is C12H18ClN3O. The molecule has 1 aliphatic carbocycles. The first-order valence-electron chi connectivity index (χ1n) is 5.87. The Balaban J connectivity index is 2.15. The molecule has 1 aliphatic rings. The Morgan fingerprint density at radius 1 is 1.59 bits per heavy atom. The van der Waals surface area contributed by atoms with E-state index in [0.29, 0.717) is 17.1 Å². The molecule has 0 spiro atoms. The highest BCUT2D eigenvalue weighted by Gasteiger charge is 2.31. The van der Waals surface area contributed by atoms with Gasteiger partial charge in [-0.2, -0.15) is 5.10 Å². The maximum Gasteiger partial charge on any atom is 0.287 e. The van der Waals surface area contributed by atoms with Crippen molar-refractivity contribution in [1.82, 2.24) is 9.78 Å².